The van der Waals surface area contributed by atoms with E-state index < -0.39 is 5.92 Å². The minimum absolute atomic E-state index is 0.329. The molecule has 2 aliphatic heterocycles. The Morgan fingerprint density at radius 1 is 1.10 bits per heavy atom. The van der Waals surface area contributed by atoms with Crippen LogP contribution in [-0.2, 0) is 9.53 Å². The maximum absolute atomic E-state index is 13.3. The van der Waals surface area contributed by atoms with E-state index in [0.29, 0.717) is 28.4 Å². The second-order valence-electron chi connectivity index (χ2n) is 7.16. The molecule has 0 radical (unpaired) electrons. The number of fused-ring (bicyclic) bond motifs is 1. The second-order valence-corrected chi connectivity index (χ2v) is 7.57. The molecule has 0 aromatic heterocycles. The Bertz CT molecular complexity index is 940. The molecular weight excluding hydrogens is 390 g/mol. The van der Waals surface area contributed by atoms with Gasteiger partial charge in [0.05, 0.1) is 42.9 Å². The highest BCUT2D eigenvalue weighted by Crippen LogP contribution is 2.35. The van der Waals surface area contributed by atoms with Crippen LogP contribution in [0, 0.1) is 0 Å². The lowest BCUT2D eigenvalue weighted by Crippen LogP contribution is -3.14. The second kappa shape index (κ2) is 8.86. The number of carbonyl (C=O) groups excluding carboxylic acids is 2. The van der Waals surface area contributed by atoms with E-state index in [2.05, 4.69) is 4.99 Å². The topological polar surface area (TPSA) is 63.4 Å². The summed E-state index contributed by atoms with van der Waals surface area (Å²) in [6.45, 7) is 5.05. The Morgan fingerprint density at radius 3 is 2.62 bits per heavy atom. The Morgan fingerprint density at radius 2 is 1.83 bits per heavy atom. The largest absolute Gasteiger partial charge is 0.370 e. The minimum Gasteiger partial charge on any atom is -0.370 e. The number of amides is 2. The van der Waals surface area contributed by atoms with E-state index in [1.807, 2.05) is 12.1 Å². The SMILES string of the molecule is O=C1c2ccccc2[C@H](C=NCC[NH+]2CCOCC2)C(=O)N1c1ccccc1Cl. The smallest absolute Gasteiger partial charge is 0.265 e. The number of hydrogen-bond donors (Lipinski definition) is 1. The Balaban J connectivity index is 1.59. The van der Waals surface area contributed by atoms with E-state index in [1.54, 1.807) is 42.6 Å². The number of benzene rings is 2. The van der Waals surface area contributed by atoms with Gasteiger partial charge in [-0.25, -0.2) is 4.90 Å². The van der Waals surface area contributed by atoms with Crippen LogP contribution in [0.2, 0.25) is 5.02 Å². The van der Waals surface area contributed by atoms with Crippen molar-refractivity contribution in [3.05, 3.63) is 64.7 Å². The highest BCUT2D eigenvalue weighted by Gasteiger charge is 2.39. The first-order valence-corrected chi connectivity index (χ1v) is 10.2. The van der Waals surface area contributed by atoms with Gasteiger partial charge in [-0.2, -0.15) is 0 Å². The fourth-order valence-corrected chi connectivity index (χ4v) is 3.99. The van der Waals surface area contributed by atoms with Crippen LogP contribution in [0.4, 0.5) is 5.69 Å². The summed E-state index contributed by atoms with van der Waals surface area (Å²) in [5, 5.41) is 0.361. The van der Waals surface area contributed by atoms with Crippen LogP contribution >= 0.6 is 11.6 Å². The van der Waals surface area contributed by atoms with Crippen molar-refractivity contribution in [2.75, 3.05) is 44.3 Å². The number of anilines is 1. The van der Waals surface area contributed by atoms with Crippen molar-refractivity contribution >= 4 is 35.3 Å². The number of aliphatic imine (C=N–C) groups is 1. The Kier molecular flexibility index (Phi) is 6.04. The molecule has 0 spiro atoms. The van der Waals surface area contributed by atoms with Crippen LogP contribution in [0.15, 0.2) is 53.5 Å². The monoisotopic (exact) mass is 412 g/mol. The summed E-state index contributed by atoms with van der Waals surface area (Å²) in [6, 6.07) is 14.1. The van der Waals surface area contributed by atoms with Crippen LogP contribution in [0.1, 0.15) is 21.8 Å². The molecule has 150 valence electrons. The lowest BCUT2D eigenvalue weighted by Gasteiger charge is -2.31. The highest BCUT2D eigenvalue weighted by atomic mass is 35.5. The predicted octanol–water partition coefficient (Wildman–Crippen LogP) is 1.60. The lowest BCUT2D eigenvalue weighted by atomic mass is 9.89. The van der Waals surface area contributed by atoms with Gasteiger partial charge in [0.1, 0.15) is 13.1 Å². The number of ether oxygens (including phenoxy) is 1. The molecule has 1 fully saturated rings. The number of halogens is 1. The first-order chi connectivity index (χ1) is 14.2. The zero-order valence-corrected chi connectivity index (χ0v) is 16.8. The standard InChI is InChI=1S/C22H22ClN3O3/c23-19-7-3-4-8-20(19)26-21(27)17-6-2-1-5-16(17)18(22(26)28)15-24-9-10-25-11-13-29-14-12-25/h1-8,15,18H,9-14H2/p+1/t18-/m0/s1. The summed E-state index contributed by atoms with van der Waals surface area (Å²) in [4.78, 5) is 33.5. The van der Waals surface area contributed by atoms with Gasteiger partial charge in [0, 0.05) is 11.8 Å². The maximum Gasteiger partial charge on any atom is 0.265 e. The molecule has 7 heteroatoms. The molecule has 2 heterocycles. The van der Waals surface area contributed by atoms with Crippen molar-refractivity contribution in [2.24, 2.45) is 4.99 Å². The zero-order chi connectivity index (χ0) is 20.2. The van der Waals surface area contributed by atoms with Crippen molar-refractivity contribution < 1.29 is 19.2 Å². The van der Waals surface area contributed by atoms with E-state index in [-0.39, 0.29) is 11.8 Å². The fourth-order valence-electron chi connectivity index (χ4n) is 3.77. The minimum atomic E-state index is -0.611. The number of nitrogens with one attached hydrogen (secondary N) is 1. The molecule has 1 N–H and O–H groups in total. The number of morpholine rings is 1. The molecule has 1 saturated heterocycles. The average molecular weight is 413 g/mol. The van der Waals surface area contributed by atoms with Gasteiger partial charge in [-0.1, -0.05) is 41.9 Å². The number of imide groups is 1. The maximum atomic E-state index is 13.3. The summed E-state index contributed by atoms with van der Waals surface area (Å²) in [6.07, 6.45) is 1.68. The van der Waals surface area contributed by atoms with Crippen molar-refractivity contribution in [2.45, 2.75) is 5.92 Å². The first-order valence-electron chi connectivity index (χ1n) is 9.80. The molecule has 1 atom stereocenters. The molecule has 2 aromatic carbocycles. The summed E-state index contributed by atoms with van der Waals surface area (Å²) in [5.74, 6) is -1.30. The molecule has 6 nitrogen and oxygen atoms in total. The van der Waals surface area contributed by atoms with Gasteiger partial charge < -0.3 is 9.64 Å². The number of carbonyl (C=O) groups is 2. The lowest BCUT2D eigenvalue weighted by molar-refractivity contribution is -0.906. The predicted molar refractivity (Wildman–Crippen MR) is 112 cm³/mol. The van der Waals surface area contributed by atoms with E-state index in [1.165, 1.54) is 9.80 Å². The number of para-hydroxylation sites is 1. The summed E-state index contributed by atoms with van der Waals surface area (Å²) < 4.78 is 5.38. The van der Waals surface area contributed by atoms with Gasteiger partial charge in [-0.3, -0.25) is 14.6 Å². The van der Waals surface area contributed by atoms with Crippen molar-refractivity contribution in [3.8, 4) is 0 Å². The number of quaternary nitrogens is 1. The van der Waals surface area contributed by atoms with Gasteiger partial charge in [0.2, 0.25) is 5.91 Å². The molecule has 2 amide bonds. The third kappa shape index (κ3) is 4.10. The van der Waals surface area contributed by atoms with Gasteiger partial charge in [0.25, 0.3) is 5.91 Å². The van der Waals surface area contributed by atoms with E-state index in [4.69, 9.17) is 16.3 Å². The Hall–Kier alpha value is -2.54. The van der Waals surface area contributed by atoms with Crippen LogP contribution in [-0.4, -0.2) is 57.4 Å². The molecule has 0 aliphatic carbocycles. The first kappa shape index (κ1) is 19.8. The van der Waals surface area contributed by atoms with E-state index >= 15 is 0 Å². The van der Waals surface area contributed by atoms with E-state index in [9.17, 15) is 9.59 Å². The molecule has 29 heavy (non-hydrogen) atoms. The summed E-state index contributed by atoms with van der Waals surface area (Å²) in [7, 11) is 0. The third-order valence-corrected chi connectivity index (χ3v) is 5.68. The van der Waals surface area contributed by atoms with E-state index in [0.717, 1.165) is 32.8 Å². The molecule has 4 rings (SSSR count). The fraction of sp³-hybridized carbons (Fsp3) is 0.318. The van der Waals surface area contributed by atoms with Crippen LogP contribution in [0.3, 0.4) is 0 Å². The number of nitrogens with zero attached hydrogens (tertiary/aromatic N) is 2. The molecular formula is C22H23ClN3O3+. The molecule has 0 saturated carbocycles. The van der Waals surface area contributed by atoms with Gasteiger partial charge in [0.15, 0.2) is 0 Å². The van der Waals surface area contributed by atoms with Gasteiger partial charge in [-0.15, -0.1) is 0 Å². The number of hydrogen-bond acceptors (Lipinski definition) is 4. The van der Waals surface area contributed by atoms with Crippen molar-refractivity contribution in [1.29, 1.82) is 0 Å². The van der Waals surface area contributed by atoms with Crippen LogP contribution < -0.4 is 9.80 Å². The quantitative estimate of drug-likeness (QED) is 0.599. The third-order valence-electron chi connectivity index (χ3n) is 5.36. The van der Waals surface area contributed by atoms with Crippen molar-refractivity contribution in [1.82, 2.24) is 0 Å². The van der Waals surface area contributed by atoms with Crippen LogP contribution in [0.25, 0.3) is 0 Å². The van der Waals surface area contributed by atoms with Gasteiger partial charge >= 0.3 is 0 Å². The Labute approximate surface area is 174 Å². The summed E-state index contributed by atoms with van der Waals surface area (Å²) in [5.41, 5.74) is 1.59. The zero-order valence-electron chi connectivity index (χ0n) is 16.0. The normalized spacial score (nSPS) is 20.3. The molecule has 0 bridgehead atoms. The van der Waals surface area contributed by atoms with Gasteiger partial charge in [-0.05, 0) is 23.8 Å². The highest BCUT2D eigenvalue weighted by molar-refractivity contribution is 6.37. The molecule has 0 unspecified atom stereocenters. The number of rotatable bonds is 5. The molecule has 2 aliphatic rings. The molecule has 2 aromatic rings. The van der Waals surface area contributed by atoms with Crippen molar-refractivity contribution in [3.63, 3.8) is 0 Å². The average Bonchev–Trinajstić information content (AvgIpc) is 2.75. The summed E-state index contributed by atoms with van der Waals surface area (Å²) >= 11 is 6.28. The van der Waals surface area contributed by atoms with Crippen LogP contribution in [0.5, 0.6) is 0 Å².